The highest BCUT2D eigenvalue weighted by Crippen LogP contribution is 2.28. The number of ether oxygens (including phenoxy) is 3. The van der Waals surface area contributed by atoms with Gasteiger partial charge >= 0.3 is 0 Å². The summed E-state index contributed by atoms with van der Waals surface area (Å²) in [6, 6.07) is 5.32. The molecule has 0 spiro atoms. The summed E-state index contributed by atoms with van der Waals surface area (Å²) in [6.07, 6.45) is 2.30. The van der Waals surface area contributed by atoms with Crippen LogP contribution in [0.15, 0.2) is 22.5 Å². The van der Waals surface area contributed by atoms with Crippen LogP contribution in [0, 0.1) is 0 Å². The average Bonchev–Trinajstić information content (AvgIpc) is 3.42. The van der Waals surface area contributed by atoms with Crippen LogP contribution < -0.4 is 20.1 Å². The van der Waals surface area contributed by atoms with Gasteiger partial charge in [0, 0.05) is 13.2 Å². The lowest BCUT2D eigenvalue weighted by molar-refractivity contribution is -0.119. The summed E-state index contributed by atoms with van der Waals surface area (Å²) in [4.78, 5) is 24.2. The van der Waals surface area contributed by atoms with E-state index in [0.29, 0.717) is 27.5 Å². The molecule has 1 aromatic heterocycles. The third-order valence-corrected chi connectivity index (χ3v) is 6.32. The van der Waals surface area contributed by atoms with Crippen molar-refractivity contribution >= 4 is 40.0 Å². The summed E-state index contributed by atoms with van der Waals surface area (Å²) >= 11 is 2.51. The SMILES string of the molecule is COc1ccc(CC(=O)Nc2nnc(SCC(=O)NCC3CCCO3)s2)cc1OC. The van der Waals surface area contributed by atoms with Crippen molar-refractivity contribution in [2.24, 2.45) is 0 Å². The van der Waals surface area contributed by atoms with E-state index in [1.54, 1.807) is 32.4 Å². The molecule has 0 radical (unpaired) electrons. The number of nitrogens with one attached hydrogen (secondary N) is 2. The Morgan fingerprint density at radius 3 is 2.80 bits per heavy atom. The van der Waals surface area contributed by atoms with Gasteiger partial charge in [-0.2, -0.15) is 0 Å². The third-order valence-electron chi connectivity index (χ3n) is 4.34. The van der Waals surface area contributed by atoms with Crippen LogP contribution in [-0.4, -0.2) is 61.2 Å². The van der Waals surface area contributed by atoms with Gasteiger partial charge in [-0.05, 0) is 30.5 Å². The number of benzene rings is 1. The number of rotatable bonds is 10. The average molecular weight is 453 g/mol. The Kier molecular flexibility index (Phi) is 8.29. The molecule has 2 heterocycles. The fourth-order valence-electron chi connectivity index (χ4n) is 2.87. The van der Waals surface area contributed by atoms with Crippen molar-refractivity contribution in [2.75, 3.05) is 38.4 Å². The summed E-state index contributed by atoms with van der Waals surface area (Å²) in [5.41, 5.74) is 0.784. The van der Waals surface area contributed by atoms with Crippen molar-refractivity contribution in [3.8, 4) is 11.5 Å². The Morgan fingerprint density at radius 1 is 1.23 bits per heavy atom. The second kappa shape index (κ2) is 11.1. The number of hydrogen-bond acceptors (Lipinski definition) is 9. The highest BCUT2D eigenvalue weighted by molar-refractivity contribution is 8.01. The minimum Gasteiger partial charge on any atom is -0.493 e. The van der Waals surface area contributed by atoms with Crippen LogP contribution >= 0.6 is 23.1 Å². The van der Waals surface area contributed by atoms with Crippen molar-refractivity contribution in [2.45, 2.75) is 29.7 Å². The zero-order chi connectivity index (χ0) is 21.3. The van der Waals surface area contributed by atoms with E-state index < -0.39 is 0 Å². The lowest BCUT2D eigenvalue weighted by Crippen LogP contribution is -2.32. The standard InChI is InChI=1S/C19H24N4O5S2/c1-26-14-6-5-12(8-15(14)27-2)9-16(24)21-18-22-23-19(30-18)29-11-17(25)20-10-13-4-3-7-28-13/h5-6,8,13H,3-4,7,9-11H2,1-2H3,(H,20,25)(H,21,22,24). The molecule has 0 aliphatic carbocycles. The maximum atomic E-state index is 12.3. The molecule has 2 N–H and O–H groups in total. The molecule has 3 rings (SSSR count). The quantitative estimate of drug-likeness (QED) is 0.417. The number of carbonyl (C=O) groups excluding carboxylic acids is 2. The second-order valence-electron chi connectivity index (χ2n) is 6.52. The first-order valence-electron chi connectivity index (χ1n) is 9.42. The number of nitrogens with zero attached hydrogens (tertiary/aromatic N) is 2. The van der Waals surface area contributed by atoms with Crippen LogP contribution in [0.3, 0.4) is 0 Å². The number of hydrogen-bond donors (Lipinski definition) is 2. The highest BCUT2D eigenvalue weighted by Gasteiger charge is 2.17. The van der Waals surface area contributed by atoms with E-state index in [1.165, 1.54) is 23.1 Å². The van der Waals surface area contributed by atoms with Gasteiger partial charge in [0.15, 0.2) is 15.8 Å². The fourth-order valence-corrected chi connectivity index (χ4v) is 4.47. The Balaban J connectivity index is 1.43. The number of anilines is 1. The van der Waals surface area contributed by atoms with Gasteiger partial charge in [-0.1, -0.05) is 29.2 Å². The molecule has 162 valence electrons. The summed E-state index contributed by atoms with van der Waals surface area (Å²) in [6.45, 7) is 1.30. The van der Waals surface area contributed by atoms with Crippen molar-refractivity contribution in [3.63, 3.8) is 0 Å². The molecule has 11 heteroatoms. The second-order valence-corrected chi connectivity index (χ2v) is 8.72. The molecule has 2 aromatic rings. The first-order valence-corrected chi connectivity index (χ1v) is 11.2. The van der Waals surface area contributed by atoms with Crippen LogP contribution in [0.25, 0.3) is 0 Å². The third kappa shape index (κ3) is 6.57. The molecule has 9 nitrogen and oxygen atoms in total. The summed E-state index contributed by atoms with van der Waals surface area (Å²) in [5, 5.41) is 14.0. The number of methoxy groups -OCH3 is 2. The van der Waals surface area contributed by atoms with E-state index >= 15 is 0 Å². The van der Waals surface area contributed by atoms with Gasteiger partial charge in [0.25, 0.3) is 0 Å². The molecule has 1 aromatic carbocycles. The minimum atomic E-state index is -0.218. The van der Waals surface area contributed by atoms with Crippen molar-refractivity contribution in [3.05, 3.63) is 23.8 Å². The zero-order valence-electron chi connectivity index (χ0n) is 16.8. The van der Waals surface area contributed by atoms with Crippen molar-refractivity contribution in [1.82, 2.24) is 15.5 Å². The van der Waals surface area contributed by atoms with Crippen LogP contribution in [0.2, 0.25) is 0 Å². The van der Waals surface area contributed by atoms with Gasteiger partial charge in [0.1, 0.15) is 0 Å². The molecule has 0 saturated carbocycles. The Labute approximate surface area is 182 Å². The molecule has 1 unspecified atom stereocenters. The van der Waals surface area contributed by atoms with Crippen LogP contribution in [-0.2, 0) is 20.7 Å². The van der Waals surface area contributed by atoms with E-state index in [-0.39, 0.29) is 30.1 Å². The smallest absolute Gasteiger partial charge is 0.230 e. The highest BCUT2D eigenvalue weighted by atomic mass is 32.2. The predicted octanol–water partition coefficient (Wildman–Crippen LogP) is 2.12. The summed E-state index contributed by atoms with van der Waals surface area (Å²) < 4.78 is 16.5. The number of amides is 2. The van der Waals surface area contributed by atoms with Gasteiger partial charge in [-0.3, -0.25) is 9.59 Å². The lowest BCUT2D eigenvalue weighted by atomic mass is 10.1. The number of carbonyl (C=O) groups is 2. The number of aromatic nitrogens is 2. The van der Waals surface area contributed by atoms with Gasteiger partial charge in [-0.15, -0.1) is 10.2 Å². The monoisotopic (exact) mass is 452 g/mol. The predicted molar refractivity (Wildman–Crippen MR) is 114 cm³/mol. The molecule has 1 fully saturated rings. The first kappa shape index (κ1) is 22.3. The van der Waals surface area contributed by atoms with Crippen LogP contribution in [0.4, 0.5) is 5.13 Å². The molecule has 2 amide bonds. The Hall–Kier alpha value is -2.37. The van der Waals surface area contributed by atoms with Gasteiger partial charge in [-0.25, -0.2) is 0 Å². The molecular formula is C19H24N4O5S2. The normalized spacial score (nSPS) is 15.6. The molecular weight excluding hydrogens is 428 g/mol. The largest absolute Gasteiger partial charge is 0.493 e. The van der Waals surface area contributed by atoms with Crippen molar-refractivity contribution < 1.29 is 23.8 Å². The fraction of sp³-hybridized carbons (Fsp3) is 0.474. The zero-order valence-corrected chi connectivity index (χ0v) is 18.4. The molecule has 1 saturated heterocycles. The van der Waals surface area contributed by atoms with E-state index in [1.807, 2.05) is 0 Å². The first-order chi connectivity index (χ1) is 14.6. The van der Waals surface area contributed by atoms with Gasteiger partial charge in [0.2, 0.25) is 16.9 Å². The van der Waals surface area contributed by atoms with E-state index in [9.17, 15) is 9.59 Å². The van der Waals surface area contributed by atoms with Gasteiger partial charge in [0.05, 0.1) is 32.5 Å². The van der Waals surface area contributed by atoms with E-state index in [2.05, 4.69) is 20.8 Å². The minimum absolute atomic E-state index is 0.0789. The maximum absolute atomic E-state index is 12.3. The molecule has 1 aliphatic heterocycles. The Bertz CT molecular complexity index is 870. The van der Waals surface area contributed by atoms with Crippen LogP contribution in [0.5, 0.6) is 11.5 Å². The Morgan fingerprint density at radius 2 is 2.07 bits per heavy atom. The molecule has 30 heavy (non-hydrogen) atoms. The lowest BCUT2D eigenvalue weighted by Gasteiger charge is -2.09. The van der Waals surface area contributed by atoms with E-state index in [0.717, 1.165) is 25.0 Å². The van der Waals surface area contributed by atoms with Crippen LogP contribution in [0.1, 0.15) is 18.4 Å². The molecule has 1 atom stereocenters. The molecule has 1 aliphatic rings. The summed E-state index contributed by atoms with van der Waals surface area (Å²) in [7, 11) is 3.11. The van der Waals surface area contributed by atoms with Crippen molar-refractivity contribution in [1.29, 1.82) is 0 Å². The molecule has 0 bridgehead atoms. The van der Waals surface area contributed by atoms with Gasteiger partial charge < -0.3 is 24.8 Å². The number of thioether (sulfide) groups is 1. The summed E-state index contributed by atoms with van der Waals surface area (Å²) in [5.74, 6) is 1.11. The maximum Gasteiger partial charge on any atom is 0.230 e. The topological polar surface area (TPSA) is 112 Å². The van der Waals surface area contributed by atoms with E-state index in [4.69, 9.17) is 14.2 Å².